The van der Waals surface area contributed by atoms with Gasteiger partial charge in [0.25, 0.3) is 0 Å². The Balaban J connectivity index is 2.06. The molecule has 0 aliphatic heterocycles. The van der Waals surface area contributed by atoms with Crippen molar-refractivity contribution in [2.45, 2.75) is 0 Å². The van der Waals surface area contributed by atoms with Crippen LogP contribution in [0.25, 0.3) is 0 Å². The predicted octanol–water partition coefficient (Wildman–Crippen LogP) is 4.65. The Hall–Kier alpha value is -1.56. The predicted molar refractivity (Wildman–Crippen MR) is 84.4 cm³/mol. The monoisotopic (exact) mass is 330 g/mol. The minimum Gasteiger partial charge on any atom is -0.505 e. The molecule has 0 aromatic heterocycles. The van der Waals surface area contributed by atoms with Crippen molar-refractivity contribution in [1.29, 1.82) is 0 Å². The molecular weight excluding hydrogens is 322 g/mol. The smallest absolute Gasteiger partial charge is 0.175 e. The summed E-state index contributed by atoms with van der Waals surface area (Å²) in [6.07, 6.45) is 0. The van der Waals surface area contributed by atoms with Crippen LogP contribution in [0.5, 0.6) is 5.75 Å². The molecule has 2 aromatic rings. The van der Waals surface area contributed by atoms with Gasteiger partial charge >= 0.3 is 0 Å². The second kappa shape index (κ2) is 6.26. The minimum absolute atomic E-state index is 0.244. The SMILES string of the molecule is Oc1ccc(NC(=S)Nc2cc(Cl)cc(Cl)c2)cc1F. The van der Waals surface area contributed by atoms with Gasteiger partial charge in [-0.1, -0.05) is 23.2 Å². The number of phenolic OH excluding ortho intramolecular Hbond substituents is 1. The van der Waals surface area contributed by atoms with Gasteiger partial charge in [-0.3, -0.25) is 0 Å². The van der Waals surface area contributed by atoms with E-state index in [2.05, 4.69) is 10.6 Å². The number of nitrogens with one attached hydrogen (secondary N) is 2. The average Bonchev–Trinajstić information content (AvgIpc) is 2.32. The third-order valence-electron chi connectivity index (χ3n) is 2.33. The topological polar surface area (TPSA) is 44.3 Å². The fraction of sp³-hybridized carbons (Fsp3) is 0. The lowest BCUT2D eigenvalue weighted by Gasteiger charge is -2.11. The van der Waals surface area contributed by atoms with Gasteiger partial charge in [0, 0.05) is 27.5 Å². The number of phenols is 1. The van der Waals surface area contributed by atoms with E-state index < -0.39 is 11.6 Å². The first kappa shape index (κ1) is 14.8. The molecule has 0 fully saturated rings. The Morgan fingerprint density at radius 2 is 1.60 bits per heavy atom. The number of anilines is 2. The Morgan fingerprint density at radius 3 is 2.20 bits per heavy atom. The first-order valence-electron chi connectivity index (χ1n) is 5.46. The van der Waals surface area contributed by atoms with Gasteiger partial charge in [-0.25, -0.2) is 4.39 Å². The van der Waals surface area contributed by atoms with Crippen LogP contribution >= 0.6 is 35.4 Å². The Labute approximate surface area is 130 Å². The van der Waals surface area contributed by atoms with Crippen LogP contribution in [-0.4, -0.2) is 10.2 Å². The van der Waals surface area contributed by atoms with E-state index in [1.807, 2.05) is 0 Å². The van der Waals surface area contributed by atoms with Crippen molar-refractivity contribution < 1.29 is 9.50 Å². The molecule has 2 rings (SSSR count). The van der Waals surface area contributed by atoms with Gasteiger partial charge in [-0.2, -0.15) is 0 Å². The molecule has 0 heterocycles. The first-order valence-corrected chi connectivity index (χ1v) is 6.63. The molecule has 0 bridgehead atoms. The van der Waals surface area contributed by atoms with Gasteiger partial charge < -0.3 is 15.7 Å². The average molecular weight is 331 g/mol. The van der Waals surface area contributed by atoms with Crippen molar-refractivity contribution in [3.63, 3.8) is 0 Å². The van der Waals surface area contributed by atoms with E-state index >= 15 is 0 Å². The van der Waals surface area contributed by atoms with Crippen LogP contribution in [0.4, 0.5) is 15.8 Å². The number of hydrogen-bond acceptors (Lipinski definition) is 2. The molecule has 20 heavy (non-hydrogen) atoms. The summed E-state index contributed by atoms with van der Waals surface area (Å²) < 4.78 is 13.2. The highest BCUT2D eigenvalue weighted by atomic mass is 35.5. The number of hydrogen-bond donors (Lipinski definition) is 3. The normalized spacial score (nSPS) is 10.2. The molecule has 7 heteroatoms. The standard InChI is InChI=1S/C13H9Cl2FN2OS/c14-7-3-8(15)5-10(4-7)18-13(20)17-9-1-2-12(19)11(16)6-9/h1-6,19H,(H2,17,18,20). The lowest BCUT2D eigenvalue weighted by molar-refractivity contribution is 0.432. The van der Waals surface area contributed by atoms with Gasteiger partial charge in [0.05, 0.1) is 0 Å². The van der Waals surface area contributed by atoms with Gasteiger partial charge in [0.15, 0.2) is 16.7 Å². The summed E-state index contributed by atoms with van der Waals surface area (Å²) >= 11 is 16.8. The number of benzene rings is 2. The molecular formula is C13H9Cl2FN2OS. The molecule has 0 saturated heterocycles. The molecule has 3 N–H and O–H groups in total. The van der Waals surface area contributed by atoms with Crippen molar-refractivity contribution in [1.82, 2.24) is 0 Å². The Bertz CT molecular complexity index is 647. The molecule has 0 unspecified atom stereocenters. The zero-order chi connectivity index (χ0) is 14.7. The van der Waals surface area contributed by atoms with Crippen LogP contribution in [0, 0.1) is 5.82 Å². The molecule has 0 amide bonds. The summed E-state index contributed by atoms with van der Waals surface area (Å²) in [5.74, 6) is -1.15. The van der Waals surface area contributed by atoms with Gasteiger partial charge in [0.1, 0.15) is 0 Å². The molecule has 104 valence electrons. The maximum Gasteiger partial charge on any atom is 0.175 e. The van der Waals surface area contributed by atoms with Crippen molar-refractivity contribution in [2.75, 3.05) is 10.6 Å². The van der Waals surface area contributed by atoms with Crippen LogP contribution in [0.1, 0.15) is 0 Å². The van der Waals surface area contributed by atoms with E-state index in [1.54, 1.807) is 18.2 Å². The van der Waals surface area contributed by atoms with E-state index in [9.17, 15) is 4.39 Å². The summed E-state index contributed by atoms with van der Waals surface area (Å²) in [4.78, 5) is 0. The maximum absolute atomic E-state index is 13.2. The lowest BCUT2D eigenvalue weighted by Crippen LogP contribution is -2.19. The zero-order valence-corrected chi connectivity index (χ0v) is 12.3. The highest BCUT2D eigenvalue weighted by molar-refractivity contribution is 7.80. The fourth-order valence-electron chi connectivity index (χ4n) is 1.50. The summed E-state index contributed by atoms with van der Waals surface area (Å²) in [6.45, 7) is 0. The second-order valence-electron chi connectivity index (χ2n) is 3.90. The van der Waals surface area contributed by atoms with Crippen molar-refractivity contribution >= 4 is 51.9 Å². The summed E-state index contributed by atoms with van der Waals surface area (Å²) in [5, 5.41) is 15.9. The quantitative estimate of drug-likeness (QED) is 0.554. The molecule has 2 aromatic carbocycles. The Kier molecular flexibility index (Phi) is 4.65. The Morgan fingerprint density at radius 1 is 1.00 bits per heavy atom. The van der Waals surface area contributed by atoms with Crippen LogP contribution in [0.3, 0.4) is 0 Å². The summed E-state index contributed by atoms with van der Waals surface area (Å²) in [6, 6.07) is 8.76. The first-order chi connectivity index (χ1) is 9.44. The minimum atomic E-state index is -0.733. The van der Waals surface area contributed by atoms with Crippen molar-refractivity contribution in [3.05, 3.63) is 52.3 Å². The third kappa shape index (κ3) is 3.96. The lowest BCUT2D eigenvalue weighted by atomic mass is 10.3. The fourth-order valence-corrected chi connectivity index (χ4v) is 2.27. The highest BCUT2D eigenvalue weighted by Gasteiger charge is 2.04. The molecule has 0 spiro atoms. The molecule has 3 nitrogen and oxygen atoms in total. The largest absolute Gasteiger partial charge is 0.505 e. The van der Waals surface area contributed by atoms with Gasteiger partial charge in [0.2, 0.25) is 0 Å². The van der Waals surface area contributed by atoms with Crippen molar-refractivity contribution in [3.8, 4) is 5.75 Å². The van der Waals surface area contributed by atoms with E-state index in [0.29, 0.717) is 21.4 Å². The highest BCUT2D eigenvalue weighted by Crippen LogP contribution is 2.23. The van der Waals surface area contributed by atoms with Crippen molar-refractivity contribution in [2.24, 2.45) is 0 Å². The molecule has 0 aliphatic rings. The van der Waals surface area contributed by atoms with Crippen LogP contribution in [0.2, 0.25) is 10.0 Å². The van der Waals surface area contributed by atoms with E-state index in [-0.39, 0.29) is 5.11 Å². The van der Waals surface area contributed by atoms with Gasteiger partial charge in [-0.05, 0) is 42.5 Å². The van der Waals surface area contributed by atoms with Gasteiger partial charge in [-0.15, -0.1) is 0 Å². The van der Waals surface area contributed by atoms with Crippen LogP contribution < -0.4 is 10.6 Å². The molecule has 0 aliphatic carbocycles. The summed E-state index contributed by atoms with van der Waals surface area (Å²) in [5.41, 5.74) is 1.02. The zero-order valence-electron chi connectivity index (χ0n) is 9.95. The molecule has 0 radical (unpaired) electrons. The second-order valence-corrected chi connectivity index (χ2v) is 5.18. The third-order valence-corrected chi connectivity index (χ3v) is 2.97. The van der Waals surface area contributed by atoms with Crippen LogP contribution in [-0.2, 0) is 0 Å². The number of halogens is 3. The van der Waals surface area contributed by atoms with E-state index in [0.717, 1.165) is 6.07 Å². The maximum atomic E-state index is 13.2. The van der Waals surface area contributed by atoms with Crippen LogP contribution in [0.15, 0.2) is 36.4 Å². The van der Waals surface area contributed by atoms with E-state index in [1.165, 1.54) is 12.1 Å². The van der Waals surface area contributed by atoms with E-state index in [4.69, 9.17) is 40.5 Å². The number of rotatable bonds is 2. The number of thiocarbonyl (C=S) groups is 1. The summed E-state index contributed by atoms with van der Waals surface area (Å²) in [7, 11) is 0. The number of aromatic hydroxyl groups is 1. The molecule has 0 saturated carbocycles. The molecule has 0 atom stereocenters.